The highest BCUT2D eigenvalue weighted by Gasteiger charge is 2.18. The van der Waals surface area contributed by atoms with E-state index in [1.54, 1.807) is 18.9 Å². The van der Waals surface area contributed by atoms with E-state index in [2.05, 4.69) is 175 Å². The molecule has 536 valence electrons. The Morgan fingerprint density at radius 2 is 0.720 bits per heavy atom. The number of nitrogens with zero attached hydrogens (tertiary/aromatic N) is 11. The summed E-state index contributed by atoms with van der Waals surface area (Å²) in [6.07, 6.45) is 17.9. The molecule has 6 aromatic carbocycles. The van der Waals surface area contributed by atoms with E-state index in [-0.39, 0.29) is 0 Å². The lowest BCUT2D eigenvalue weighted by Crippen LogP contribution is -2.31. The van der Waals surface area contributed by atoms with Gasteiger partial charge in [0.15, 0.2) is 5.69 Å². The van der Waals surface area contributed by atoms with E-state index in [0.29, 0.717) is 0 Å². The molecule has 13 heteroatoms. The molecule has 0 N–H and O–H groups in total. The Labute approximate surface area is 607 Å². The predicted molar refractivity (Wildman–Crippen MR) is 437 cm³/mol. The number of para-hydroxylation sites is 2. The molecule has 0 atom stereocenters. The molecule has 0 aliphatic carbocycles. The molecule has 0 saturated carbocycles. The number of benzene rings is 6. The van der Waals surface area contributed by atoms with Crippen LogP contribution in [0, 0.1) is 27.7 Å². The number of aryl methyl sites for hydroxylation is 9. The number of hydrogen-bond donors (Lipinski definition) is 0. The first-order chi connectivity index (χ1) is 48.9. The molecule has 0 bridgehead atoms. The molecule has 100 heavy (non-hydrogen) atoms. The average molecular weight is 1370 g/mol. The second-order valence-corrected chi connectivity index (χ2v) is 20.7. The van der Waals surface area contributed by atoms with E-state index >= 15 is 0 Å². The molecule has 14 aromatic rings. The molecule has 8 heterocycles. The van der Waals surface area contributed by atoms with Crippen molar-refractivity contribution in [1.82, 2.24) is 34.5 Å². The Hall–Kier alpha value is -9.46. The van der Waals surface area contributed by atoms with Crippen LogP contribution in [0.4, 0.5) is 0 Å². The lowest BCUT2D eigenvalue weighted by Gasteiger charge is -2.07. The Balaban J connectivity index is 0.00000120. The summed E-state index contributed by atoms with van der Waals surface area (Å²) >= 11 is 1.86. The maximum Gasteiger partial charge on any atom is 0.286 e. The van der Waals surface area contributed by atoms with E-state index < -0.39 is 0 Å². The van der Waals surface area contributed by atoms with E-state index in [1.807, 2.05) is 282 Å². The van der Waals surface area contributed by atoms with Gasteiger partial charge in [0, 0.05) is 107 Å². The fourth-order valence-corrected chi connectivity index (χ4v) is 11.5. The highest BCUT2D eigenvalue weighted by Crippen LogP contribution is 2.38. The van der Waals surface area contributed by atoms with Crippen molar-refractivity contribution in [3.63, 3.8) is 0 Å². The zero-order valence-corrected chi connectivity index (χ0v) is 68.0. The molecule has 0 unspecified atom stereocenters. The molecule has 12 nitrogen and oxygen atoms in total. The molecule has 0 amide bonds. The molecule has 14 rings (SSSR count). The van der Waals surface area contributed by atoms with Crippen LogP contribution >= 0.6 is 11.3 Å². The van der Waals surface area contributed by atoms with Crippen LogP contribution in [0.2, 0.25) is 0 Å². The Morgan fingerprint density at radius 3 is 1.19 bits per heavy atom. The molecule has 8 aromatic heterocycles. The van der Waals surface area contributed by atoms with Gasteiger partial charge in [0.1, 0.15) is 65.1 Å². The van der Waals surface area contributed by atoms with Gasteiger partial charge < -0.3 is 8.98 Å². The topological polar surface area (TPSA) is 111 Å². The monoisotopic (exact) mass is 1370 g/mol. The van der Waals surface area contributed by atoms with Gasteiger partial charge in [0.05, 0.1) is 28.2 Å². The summed E-state index contributed by atoms with van der Waals surface area (Å²) < 4.78 is 19.0. The molecule has 0 fully saturated rings. The van der Waals surface area contributed by atoms with Gasteiger partial charge in [-0.15, -0.1) is 11.3 Å². The lowest BCUT2D eigenvalue weighted by molar-refractivity contribution is -0.663. The summed E-state index contributed by atoms with van der Waals surface area (Å²) in [5, 5.41) is 7.60. The highest BCUT2D eigenvalue weighted by molar-refractivity contribution is 7.25. The molecule has 0 aliphatic heterocycles. The molecule has 0 aliphatic rings. The minimum atomic E-state index is 0.933. The minimum absolute atomic E-state index is 0.933. The number of furan rings is 1. The first-order valence-electron chi connectivity index (χ1n) is 36.7. The van der Waals surface area contributed by atoms with Crippen molar-refractivity contribution in [3.8, 4) is 45.2 Å². The molecular weight excluding hydrogens is 1250 g/mol. The van der Waals surface area contributed by atoms with Gasteiger partial charge in [-0.05, 0) is 105 Å². The van der Waals surface area contributed by atoms with Crippen LogP contribution in [0.25, 0.3) is 109 Å². The molecule has 0 spiro atoms. The zero-order chi connectivity index (χ0) is 76.0. The van der Waals surface area contributed by atoms with Crippen molar-refractivity contribution in [3.05, 3.63) is 218 Å². The van der Waals surface area contributed by atoms with Crippen LogP contribution in [0.5, 0.6) is 0 Å². The number of fused-ring (bicyclic) bond motifs is 9. The van der Waals surface area contributed by atoms with Gasteiger partial charge in [-0.1, -0.05) is 227 Å². The predicted octanol–water partition coefficient (Wildman–Crippen LogP) is 23.5. The van der Waals surface area contributed by atoms with E-state index in [0.717, 1.165) is 44.6 Å². The van der Waals surface area contributed by atoms with Crippen LogP contribution in [-0.4, -0.2) is 34.5 Å². The maximum absolute atomic E-state index is 5.94. The lowest BCUT2D eigenvalue weighted by atomic mass is 10.0. The summed E-state index contributed by atoms with van der Waals surface area (Å²) in [6.45, 7) is 52.5. The Bertz CT molecular complexity index is 4340. The van der Waals surface area contributed by atoms with Crippen LogP contribution in [0.3, 0.4) is 0 Å². The van der Waals surface area contributed by atoms with Gasteiger partial charge in [-0.25, -0.2) is 28.2 Å². The van der Waals surface area contributed by atoms with Crippen molar-refractivity contribution >= 4 is 75.3 Å². The van der Waals surface area contributed by atoms with Gasteiger partial charge in [-0.3, -0.25) is 0 Å². The van der Waals surface area contributed by atoms with Gasteiger partial charge >= 0.3 is 0 Å². The number of thiophene rings is 1. The van der Waals surface area contributed by atoms with Gasteiger partial charge in [-0.2, -0.15) is 0 Å². The van der Waals surface area contributed by atoms with E-state index in [4.69, 9.17) is 4.42 Å². The first-order valence-corrected chi connectivity index (χ1v) is 37.5. The molecule has 0 radical (unpaired) electrons. The van der Waals surface area contributed by atoms with Gasteiger partial charge in [0.25, 0.3) is 25.3 Å². The number of hydrogen-bond acceptors (Lipinski definition) is 8. The largest absolute Gasteiger partial charge is 0.456 e. The van der Waals surface area contributed by atoms with Crippen LogP contribution in [0.15, 0.2) is 200 Å². The summed E-state index contributed by atoms with van der Waals surface area (Å²) in [6, 6.07) is 47.0. The molecule has 0 saturated heterocycles. The van der Waals surface area contributed by atoms with Crippen LogP contribution in [-0.2, 0) is 35.2 Å². The van der Waals surface area contributed by atoms with Gasteiger partial charge in [0.2, 0.25) is 0 Å². The quantitative estimate of drug-likeness (QED) is 0.161. The highest BCUT2D eigenvalue weighted by atomic mass is 32.1. The zero-order valence-electron chi connectivity index (χ0n) is 67.2. The van der Waals surface area contributed by atoms with Crippen molar-refractivity contribution in [2.45, 2.75) is 180 Å². The average Bonchev–Trinajstić information content (AvgIpc) is 1.61. The normalized spacial score (nSPS) is 9.35. The summed E-state index contributed by atoms with van der Waals surface area (Å²) in [4.78, 5) is 24.7. The number of aromatic nitrogens is 11. The summed E-state index contributed by atoms with van der Waals surface area (Å²) in [5.41, 5.74) is 18.5. The van der Waals surface area contributed by atoms with Crippen molar-refractivity contribution < 1.29 is 22.7 Å². The SMILES string of the molecule is CC.CC.CC.CC.CC.CC.CC.CC.CC.CC.CC.Cc1cc2c(cc1-c1ccnc[n+]1C)c1ccccc1n2C.Cc1cc2oc3ccccc3c2cc1-c1ccnc[n+]1C.Cc1cc2sc3ccccc3c2cc1-c1ccnc[n+]1C.Cc1cncnc1-c1ccnc[n+]1C. The fraction of sp³-hybridized carbons (Fsp3) is 0.356. The number of rotatable bonds is 4. The third kappa shape index (κ3) is 23.3. The maximum atomic E-state index is 5.94. The fourth-order valence-electron chi connectivity index (χ4n) is 10.4. The second-order valence-electron chi connectivity index (χ2n) is 19.6. The standard InChI is InChI=1S/C19H18N3.C18H15N2O.C18H15N2S.C10H11N4.11C2H6/c1-13-10-19-16(14-6-4-5-7-18(14)22(19)3)11-15(13)17-8-9-20-12-21(17)2;2*1-12-9-18-15(13-5-3-4-6-17(13)21-18)10-14(12)16-7-8-19-11-20(16)2;1-8-5-12-6-13-10(8)9-3-4-11-7-14(9)2;11*1-2/h4-12H,1-3H3;2*3-11H,1-2H3;3-7H,1-2H3;11*1-2H3/q4*+1;;;;;;;;;;;. The van der Waals surface area contributed by atoms with Crippen LogP contribution in [0.1, 0.15) is 175 Å². The summed E-state index contributed by atoms with van der Waals surface area (Å²) in [7, 11) is 10.2. The van der Waals surface area contributed by atoms with E-state index in [9.17, 15) is 0 Å². The Kier molecular flexibility index (Phi) is 46.0. The smallest absolute Gasteiger partial charge is 0.286 e. The van der Waals surface area contributed by atoms with Crippen molar-refractivity contribution in [2.24, 2.45) is 35.2 Å². The molecular formula is C87H125N11OS+4. The minimum Gasteiger partial charge on any atom is -0.456 e. The second kappa shape index (κ2) is 50.8. The first kappa shape index (κ1) is 90.5. The third-order valence-electron chi connectivity index (χ3n) is 14.4. The van der Waals surface area contributed by atoms with E-state index in [1.165, 1.54) is 86.7 Å². The van der Waals surface area contributed by atoms with Crippen LogP contribution < -0.4 is 18.3 Å². The van der Waals surface area contributed by atoms with Crippen molar-refractivity contribution in [2.75, 3.05) is 0 Å². The Morgan fingerprint density at radius 1 is 0.330 bits per heavy atom. The third-order valence-corrected chi connectivity index (χ3v) is 15.6. The van der Waals surface area contributed by atoms with Crippen molar-refractivity contribution in [1.29, 1.82) is 0 Å². The summed E-state index contributed by atoms with van der Waals surface area (Å²) in [5.74, 6) is 0.